The number of aromatic amines is 1. The molecule has 0 radical (unpaired) electrons. The fourth-order valence-electron chi connectivity index (χ4n) is 2.55. The Morgan fingerprint density at radius 3 is 2.19 bits per heavy atom. The summed E-state index contributed by atoms with van der Waals surface area (Å²) in [7, 11) is 0. The van der Waals surface area contributed by atoms with Crippen LogP contribution in [0, 0.1) is 11.7 Å². The number of aliphatic hydroxyl groups is 1. The number of aromatic nitrogens is 2. The molecule has 0 aromatic carbocycles. The van der Waals surface area contributed by atoms with E-state index in [0.29, 0.717) is 13.2 Å². The Balaban J connectivity index is 1.89. The second kappa shape index (κ2) is 14.5. The SMILES string of the molecule is CC(CO)COCCCCCCCCCCOCn1cc(F)c(=O)[nH]c1=O. The van der Waals surface area contributed by atoms with Crippen molar-refractivity contribution in [2.24, 2.45) is 5.92 Å². The third kappa shape index (κ3) is 11.0. The van der Waals surface area contributed by atoms with Gasteiger partial charge in [-0.25, -0.2) is 4.79 Å². The first-order valence-corrected chi connectivity index (χ1v) is 9.80. The lowest BCUT2D eigenvalue weighted by Crippen LogP contribution is -2.32. The van der Waals surface area contributed by atoms with Crippen LogP contribution >= 0.6 is 0 Å². The van der Waals surface area contributed by atoms with Crippen LogP contribution in [-0.4, -0.2) is 41.1 Å². The molecule has 0 saturated heterocycles. The summed E-state index contributed by atoms with van der Waals surface area (Å²) < 4.78 is 24.9. The first-order valence-electron chi connectivity index (χ1n) is 9.80. The van der Waals surface area contributed by atoms with Crippen LogP contribution < -0.4 is 11.2 Å². The van der Waals surface area contributed by atoms with Gasteiger partial charge in [0.15, 0.2) is 0 Å². The van der Waals surface area contributed by atoms with Gasteiger partial charge in [0.1, 0.15) is 6.73 Å². The van der Waals surface area contributed by atoms with E-state index in [1.54, 1.807) is 0 Å². The standard InChI is InChI=1S/C19H33FN2O5/c1-16(13-23)14-26-10-8-6-4-2-3-5-7-9-11-27-15-22-12-17(20)18(24)21-19(22)25/h12,16,23H,2-11,13-15H2,1H3,(H,21,24,25). The smallest absolute Gasteiger partial charge is 0.330 e. The van der Waals surface area contributed by atoms with Crippen molar-refractivity contribution in [3.8, 4) is 0 Å². The molecule has 8 heteroatoms. The number of aliphatic hydroxyl groups excluding tert-OH is 1. The average Bonchev–Trinajstić information content (AvgIpc) is 2.65. The fourth-order valence-corrected chi connectivity index (χ4v) is 2.55. The number of nitrogens with zero attached hydrogens (tertiary/aromatic N) is 1. The van der Waals surface area contributed by atoms with Crippen LogP contribution in [0.25, 0.3) is 0 Å². The molecular formula is C19H33FN2O5. The van der Waals surface area contributed by atoms with Gasteiger partial charge in [-0.1, -0.05) is 45.4 Å². The minimum atomic E-state index is -1.01. The van der Waals surface area contributed by atoms with E-state index in [4.69, 9.17) is 14.6 Å². The number of ether oxygens (including phenoxy) is 2. The average molecular weight is 388 g/mol. The van der Waals surface area contributed by atoms with Crippen LogP contribution in [0.1, 0.15) is 58.3 Å². The highest BCUT2D eigenvalue weighted by molar-refractivity contribution is 4.86. The van der Waals surface area contributed by atoms with Gasteiger partial charge in [0.2, 0.25) is 5.82 Å². The van der Waals surface area contributed by atoms with Crippen molar-refractivity contribution >= 4 is 0 Å². The first kappa shape index (κ1) is 23.5. The minimum Gasteiger partial charge on any atom is -0.396 e. The lowest BCUT2D eigenvalue weighted by atomic mass is 10.1. The number of nitrogens with one attached hydrogen (secondary N) is 1. The molecular weight excluding hydrogens is 355 g/mol. The maximum Gasteiger partial charge on any atom is 0.330 e. The van der Waals surface area contributed by atoms with E-state index in [-0.39, 0.29) is 19.3 Å². The molecule has 0 aliphatic rings. The van der Waals surface area contributed by atoms with Crippen LogP contribution in [0.5, 0.6) is 0 Å². The molecule has 0 amide bonds. The Labute approximate surface area is 159 Å². The number of halogens is 1. The molecule has 0 aliphatic carbocycles. The third-order valence-electron chi connectivity index (χ3n) is 4.24. The zero-order valence-electron chi connectivity index (χ0n) is 16.3. The first-order chi connectivity index (χ1) is 13.0. The van der Waals surface area contributed by atoms with Crippen LogP contribution in [0.3, 0.4) is 0 Å². The number of H-pyrrole nitrogens is 1. The summed E-state index contributed by atoms with van der Waals surface area (Å²) in [4.78, 5) is 24.2. The highest BCUT2D eigenvalue weighted by atomic mass is 19.1. The van der Waals surface area contributed by atoms with Crippen LogP contribution in [0.15, 0.2) is 15.8 Å². The summed E-state index contributed by atoms with van der Waals surface area (Å²) in [6.07, 6.45) is 9.77. The largest absolute Gasteiger partial charge is 0.396 e. The molecule has 156 valence electrons. The Morgan fingerprint density at radius 1 is 1.04 bits per heavy atom. The van der Waals surface area contributed by atoms with E-state index >= 15 is 0 Å². The zero-order valence-corrected chi connectivity index (χ0v) is 16.3. The minimum absolute atomic E-state index is 0.0638. The van der Waals surface area contributed by atoms with Crippen molar-refractivity contribution < 1.29 is 19.0 Å². The van der Waals surface area contributed by atoms with Gasteiger partial charge < -0.3 is 14.6 Å². The zero-order chi connectivity index (χ0) is 19.9. The summed E-state index contributed by atoms with van der Waals surface area (Å²) in [5.41, 5.74) is -1.69. The Kier molecular flexibility index (Phi) is 12.7. The van der Waals surface area contributed by atoms with Gasteiger partial charge in [-0.3, -0.25) is 14.3 Å². The predicted molar refractivity (Wildman–Crippen MR) is 101 cm³/mol. The molecule has 1 rings (SSSR count). The van der Waals surface area contributed by atoms with Gasteiger partial charge in [-0.15, -0.1) is 0 Å². The van der Waals surface area contributed by atoms with Crippen molar-refractivity contribution in [2.75, 3.05) is 26.4 Å². The molecule has 1 aromatic rings. The molecule has 1 heterocycles. The van der Waals surface area contributed by atoms with E-state index in [2.05, 4.69) is 0 Å². The summed E-state index contributed by atoms with van der Waals surface area (Å²) in [5, 5.41) is 8.88. The fraction of sp³-hybridized carbons (Fsp3) is 0.789. The third-order valence-corrected chi connectivity index (χ3v) is 4.24. The van der Waals surface area contributed by atoms with E-state index in [1.807, 2.05) is 11.9 Å². The molecule has 0 bridgehead atoms. The van der Waals surface area contributed by atoms with Crippen molar-refractivity contribution in [3.63, 3.8) is 0 Å². The number of unbranched alkanes of at least 4 members (excludes halogenated alkanes) is 7. The molecule has 0 fully saturated rings. The highest BCUT2D eigenvalue weighted by Crippen LogP contribution is 2.09. The normalized spacial score (nSPS) is 12.4. The monoisotopic (exact) mass is 388 g/mol. The van der Waals surface area contributed by atoms with Gasteiger partial charge in [0.05, 0.1) is 12.8 Å². The van der Waals surface area contributed by atoms with Gasteiger partial charge in [0.25, 0.3) is 5.56 Å². The second-order valence-corrected chi connectivity index (χ2v) is 6.93. The number of hydrogen-bond acceptors (Lipinski definition) is 5. The maximum absolute atomic E-state index is 13.1. The van der Waals surface area contributed by atoms with E-state index in [9.17, 15) is 14.0 Å². The second-order valence-electron chi connectivity index (χ2n) is 6.93. The van der Waals surface area contributed by atoms with Crippen molar-refractivity contribution in [2.45, 2.75) is 65.0 Å². The quantitative estimate of drug-likeness (QED) is 0.424. The van der Waals surface area contributed by atoms with Crippen LogP contribution in [-0.2, 0) is 16.2 Å². The van der Waals surface area contributed by atoms with Crippen LogP contribution in [0.4, 0.5) is 4.39 Å². The topological polar surface area (TPSA) is 93.5 Å². The highest BCUT2D eigenvalue weighted by Gasteiger charge is 2.03. The van der Waals surface area contributed by atoms with Gasteiger partial charge in [-0.05, 0) is 12.8 Å². The Hall–Kier alpha value is -1.51. The molecule has 7 nitrogen and oxygen atoms in total. The number of hydrogen-bond donors (Lipinski definition) is 2. The molecule has 0 aliphatic heterocycles. The molecule has 1 aromatic heterocycles. The lowest BCUT2D eigenvalue weighted by Gasteiger charge is -2.08. The van der Waals surface area contributed by atoms with Crippen molar-refractivity contribution in [3.05, 3.63) is 32.9 Å². The maximum atomic E-state index is 13.1. The van der Waals surface area contributed by atoms with Gasteiger partial charge in [-0.2, -0.15) is 4.39 Å². The molecule has 1 unspecified atom stereocenters. The Morgan fingerprint density at radius 2 is 1.59 bits per heavy atom. The summed E-state index contributed by atoms with van der Waals surface area (Å²) in [5.74, 6) is -0.780. The summed E-state index contributed by atoms with van der Waals surface area (Å²) >= 11 is 0. The predicted octanol–water partition coefficient (Wildman–Crippen LogP) is 2.42. The van der Waals surface area contributed by atoms with Gasteiger partial charge >= 0.3 is 5.69 Å². The van der Waals surface area contributed by atoms with E-state index in [1.165, 1.54) is 25.7 Å². The molecule has 27 heavy (non-hydrogen) atoms. The molecule has 1 atom stereocenters. The van der Waals surface area contributed by atoms with E-state index < -0.39 is 17.1 Å². The van der Waals surface area contributed by atoms with E-state index in [0.717, 1.165) is 43.1 Å². The van der Waals surface area contributed by atoms with Crippen molar-refractivity contribution in [1.29, 1.82) is 0 Å². The Bertz CT molecular complexity index is 617. The van der Waals surface area contributed by atoms with Gasteiger partial charge in [0, 0.05) is 25.7 Å². The lowest BCUT2D eigenvalue weighted by molar-refractivity contribution is 0.0698. The number of rotatable bonds is 16. The summed E-state index contributed by atoms with van der Waals surface area (Å²) in [6.45, 7) is 3.97. The summed E-state index contributed by atoms with van der Waals surface area (Å²) in [6, 6.07) is 0. The molecule has 0 saturated carbocycles. The molecule has 0 spiro atoms. The molecule has 2 N–H and O–H groups in total. The van der Waals surface area contributed by atoms with Crippen LogP contribution in [0.2, 0.25) is 0 Å². The van der Waals surface area contributed by atoms with Crippen molar-refractivity contribution in [1.82, 2.24) is 9.55 Å².